The molecular formula is C23H23ClN4O2. The van der Waals surface area contributed by atoms with Crippen molar-refractivity contribution in [3.05, 3.63) is 77.1 Å². The summed E-state index contributed by atoms with van der Waals surface area (Å²) in [6.07, 6.45) is 3.92. The molecule has 1 aliphatic rings. The first-order valence-corrected chi connectivity index (χ1v) is 10.2. The highest BCUT2D eigenvalue weighted by Gasteiger charge is 2.38. The summed E-state index contributed by atoms with van der Waals surface area (Å²) in [5.41, 5.74) is 3.08. The van der Waals surface area contributed by atoms with Crippen LogP contribution >= 0.6 is 11.6 Å². The molecule has 1 aromatic heterocycles. The largest absolute Gasteiger partial charge is 0.305 e. The zero-order valence-corrected chi connectivity index (χ0v) is 17.9. The van der Waals surface area contributed by atoms with E-state index in [2.05, 4.69) is 5.10 Å². The molecule has 2 heterocycles. The van der Waals surface area contributed by atoms with E-state index >= 15 is 0 Å². The van der Waals surface area contributed by atoms with E-state index in [1.807, 2.05) is 48.2 Å². The Balaban J connectivity index is 1.78. The molecule has 2 atom stereocenters. The number of fused-ring (bicyclic) bond motifs is 1. The van der Waals surface area contributed by atoms with Crippen molar-refractivity contribution in [2.45, 2.75) is 32.4 Å². The van der Waals surface area contributed by atoms with E-state index < -0.39 is 0 Å². The van der Waals surface area contributed by atoms with Gasteiger partial charge in [-0.3, -0.25) is 14.3 Å². The molecule has 0 unspecified atom stereocenters. The predicted molar refractivity (Wildman–Crippen MR) is 118 cm³/mol. The number of hydrogen-bond acceptors (Lipinski definition) is 3. The van der Waals surface area contributed by atoms with Crippen LogP contribution in [0, 0.1) is 0 Å². The molecule has 3 aromatic rings. The van der Waals surface area contributed by atoms with E-state index in [0.29, 0.717) is 17.0 Å². The van der Waals surface area contributed by atoms with Crippen molar-refractivity contribution in [1.82, 2.24) is 9.78 Å². The molecule has 30 heavy (non-hydrogen) atoms. The summed E-state index contributed by atoms with van der Waals surface area (Å²) in [6.45, 7) is 3.58. The Bertz CT molecular complexity index is 1090. The van der Waals surface area contributed by atoms with Crippen LogP contribution in [0.25, 0.3) is 0 Å². The highest BCUT2D eigenvalue weighted by Crippen LogP contribution is 2.42. The number of aromatic nitrogens is 2. The molecule has 6 nitrogen and oxygen atoms in total. The van der Waals surface area contributed by atoms with E-state index in [9.17, 15) is 9.59 Å². The van der Waals surface area contributed by atoms with Crippen molar-refractivity contribution >= 4 is 34.8 Å². The summed E-state index contributed by atoms with van der Waals surface area (Å²) >= 11 is 6.05. The van der Waals surface area contributed by atoms with E-state index in [0.717, 1.165) is 16.9 Å². The van der Waals surface area contributed by atoms with Gasteiger partial charge >= 0.3 is 0 Å². The van der Waals surface area contributed by atoms with Gasteiger partial charge in [0.2, 0.25) is 5.91 Å². The second kappa shape index (κ2) is 7.95. The van der Waals surface area contributed by atoms with Gasteiger partial charge in [-0.15, -0.1) is 0 Å². The summed E-state index contributed by atoms with van der Waals surface area (Å²) in [5.74, 6) is -0.154. The lowest BCUT2D eigenvalue weighted by atomic mass is 9.89. The smallest absolute Gasteiger partial charge is 0.261 e. The molecule has 2 amide bonds. The number of anilines is 2. The summed E-state index contributed by atoms with van der Waals surface area (Å²) < 4.78 is 1.62. The third kappa shape index (κ3) is 3.59. The molecule has 0 spiro atoms. The van der Waals surface area contributed by atoms with Gasteiger partial charge in [-0.25, -0.2) is 0 Å². The molecule has 0 saturated heterocycles. The van der Waals surface area contributed by atoms with Crippen LogP contribution in [0.15, 0.2) is 60.9 Å². The third-order valence-corrected chi connectivity index (χ3v) is 5.74. The topological polar surface area (TPSA) is 58.4 Å². The quantitative estimate of drug-likeness (QED) is 0.619. The van der Waals surface area contributed by atoms with E-state index in [1.165, 1.54) is 0 Å². The highest BCUT2D eigenvalue weighted by atomic mass is 35.5. The molecule has 0 aliphatic carbocycles. The highest BCUT2D eigenvalue weighted by molar-refractivity contribution is 6.30. The van der Waals surface area contributed by atoms with Crippen molar-refractivity contribution in [3.63, 3.8) is 0 Å². The van der Waals surface area contributed by atoms with Crippen molar-refractivity contribution in [1.29, 1.82) is 0 Å². The van der Waals surface area contributed by atoms with Gasteiger partial charge in [0.1, 0.15) is 0 Å². The Kier molecular flexibility index (Phi) is 5.35. The van der Waals surface area contributed by atoms with Crippen LogP contribution in [0.3, 0.4) is 0 Å². The number of para-hydroxylation sites is 1. The molecule has 1 aliphatic heterocycles. The predicted octanol–water partition coefficient (Wildman–Crippen LogP) is 4.61. The van der Waals surface area contributed by atoms with Gasteiger partial charge in [-0.05, 0) is 49.2 Å². The first-order chi connectivity index (χ1) is 14.4. The van der Waals surface area contributed by atoms with Gasteiger partial charge in [0.25, 0.3) is 5.91 Å². The first kappa shape index (κ1) is 20.2. The standard InChI is InChI=1S/C23H23ClN4O2/c1-15-12-22(28(16(2)29)19-10-8-18(24)9-11-19)20-6-4-5-7-21(20)27(15)23(30)17-13-25-26(3)14-17/h4-11,13-15,22H,12H2,1-3H3/t15-,22+/m0/s1. The number of nitrogens with zero attached hydrogens (tertiary/aromatic N) is 4. The Morgan fingerprint density at radius 2 is 1.83 bits per heavy atom. The van der Waals surface area contributed by atoms with Crippen LogP contribution in [0.1, 0.15) is 42.2 Å². The fourth-order valence-corrected chi connectivity index (χ4v) is 4.32. The summed E-state index contributed by atoms with van der Waals surface area (Å²) in [4.78, 5) is 29.6. The lowest BCUT2D eigenvalue weighted by molar-refractivity contribution is -0.117. The van der Waals surface area contributed by atoms with Gasteiger partial charge in [0, 0.05) is 42.6 Å². The first-order valence-electron chi connectivity index (χ1n) is 9.83. The molecular weight excluding hydrogens is 400 g/mol. The number of carbonyl (C=O) groups excluding carboxylic acids is 2. The summed E-state index contributed by atoms with van der Waals surface area (Å²) in [5, 5.41) is 4.75. The van der Waals surface area contributed by atoms with E-state index in [1.54, 1.807) is 48.1 Å². The SMILES string of the molecule is CC(=O)N(c1ccc(Cl)cc1)[C@@H]1C[C@H](C)N(C(=O)c2cnn(C)c2)c2ccccc21. The minimum Gasteiger partial charge on any atom is -0.305 e. The number of hydrogen-bond donors (Lipinski definition) is 0. The average Bonchev–Trinajstić information content (AvgIpc) is 3.15. The summed E-state index contributed by atoms with van der Waals surface area (Å²) in [7, 11) is 1.79. The average molecular weight is 423 g/mol. The normalized spacial score (nSPS) is 18.1. The fraction of sp³-hybridized carbons (Fsp3) is 0.261. The Morgan fingerprint density at radius 3 is 2.47 bits per heavy atom. The van der Waals surface area contributed by atoms with Crippen molar-refractivity contribution in [2.75, 3.05) is 9.80 Å². The number of aryl methyl sites for hydroxylation is 1. The second-order valence-corrected chi connectivity index (χ2v) is 8.04. The number of carbonyl (C=O) groups is 2. The van der Waals surface area contributed by atoms with Gasteiger partial charge in [-0.1, -0.05) is 29.8 Å². The Hall–Kier alpha value is -3.12. The van der Waals surface area contributed by atoms with Crippen LogP contribution in [0.5, 0.6) is 0 Å². The van der Waals surface area contributed by atoms with E-state index in [-0.39, 0.29) is 23.9 Å². The molecule has 0 saturated carbocycles. The van der Waals surface area contributed by atoms with Gasteiger partial charge in [0.15, 0.2) is 0 Å². The van der Waals surface area contributed by atoms with Gasteiger partial charge in [-0.2, -0.15) is 5.10 Å². The third-order valence-electron chi connectivity index (χ3n) is 5.49. The van der Waals surface area contributed by atoms with Crippen molar-refractivity contribution in [3.8, 4) is 0 Å². The number of rotatable bonds is 3. The lowest BCUT2D eigenvalue weighted by Gasteiger charge is -2.43. The molecule has 4 rings (SSSR count). The maximum Gasteiger partial charge on any atom is 0.261 e. The number of benzene rings is 2. The Morgan fingerprint density at radius 1 is 1.13 bits per heavy atom. The second-order valence-electron chi connectivity index (χ2n) is 7.60. The molecule has 2 aromatic carbocycles. The fourth-order valence-electron chi connectivity index (χ4n) is 4.19. The van der Waals surface area contributed by atoms with Crippen LogP contribution in [-0.2, 0) is 11.8 Å². The number of halogens is 1. The number of amides is 2. The maximum absolute atomic E-state index is 13.3. The van der Waals surface area contributed by atoms with Crippen LogP contribution in [0.2, 0.25) is 5.02 Å². The van der Waals surface area contributed by atoms with Crippen LogP contribution < -0.4 is 9.80 Å². The lowest BCUT2D eigenvalue weighted by Crippen LogP contribution is -2.47. The zero-order valence-electron chi connectivity index (χ0n) is 17.1. The van der Waals surface area contributed by atoms with Crippen LogP contribution in [0.4, 0.5) is 11.4 Å². The minimum absolute atomic E-state index is 0.0589. The van der Waals surface area contributed by atoms with Crippen molar-refractivity contribution < 1.29 is 9.59 Å². The van der Waals surface area contributed by atoms with Gasteiger partial charge < -0.3 is 9.80 Å². The Labute approximate surface area is 180 Å². The molecule has 154 valence electrons. The molecule has 0 N–H and O–H groups in total. The summed E-state index contributed by atoms with van der Waals surface area (Å²) in [6, 6.07) is 14.8. The monoisotopic (exact) mass is 422 g/mol. The molecule has 0 fully saturated rings. The maximum atomic E-state index is 13.3. The van der Waals surface area contributed by atoms with Gasteiger partial charge in [0.05, 0.1) is 17.8 Å². The molecule has 0 radical (unpaired) electrons. The zero-order chi connectivity index (χ0) is 21.4. The van der Waals surface area contributed by atoms with Crippen LogP contribution in [-0.4, -0.2) is 27.6 Å². The molecule has 7 heteroatoms. The molecule has 0 bridgehead atoms. The van der Waals surface area contributed by atoms with E-state index in [4.69, 9.17) is 11.6 Å². The van der Waals surface area contributed by atoms with Crippen molar-refractivity contribution in [2.24, 2.45) is 7.05 Å². The minimum atomic E-state index is -0.187.